The maximum Gasteiger partial charge on any atom is 0.162 e. The second-order valence-electron chi connectivity index (χ2n) is 6.14. The summed E-state index contributed by atoms with van der Waals surface area (Å²) in [5, 5.41) is 5.97. The van der Waals surface area contributed by atoms with Gasteiger partial charge in [-0.3, -0.25) is 0 Å². The van der Waals surface area contributed by atoms with Gasteiger partial charge in [0, 0.05) is 22.1 Å². The highest BCUT2D eigenvalue weighted by atomic mass is 79.9. The Morgan fingerprint density at radius 3 is 2.52 bits per heavy atom. The number of rotatable bonds is 6. The van der Waals surface area contributed by atoms with E-state index in [1.54, 1.807) is 7.11 Å². The number of hydrogen-bond acceptors (Lipinski definition) is 3. The molecule has 3 aromatic rings. The Morgan fingerprint density at radius 1 is 1.00 bits per heavy atom. The summed E-state index contributed by atoms with van der Waals surface area (Å²) in [5.74, 6) is 1.49. The van der Waals surface area contributed by atoms with E-state index >= 15 is 0 Å². The van der Waals surface area contributed by atoms with E-state index in [9.17, 15) is 0 Å². The Labute approximate surface area is 157 Å². The van der Waals surface area contributed by atoms with E-state index in [-0.39, 0.29) is 6.10 Å². The van der Waals surface area contributed by atoms with Crippen LogP contribution in [0.2, 0.25) is 0 Å². The molecule has 0 aliphatic carbocycles. The molecule has 0 aromatic heterocycles. The first-order chi connectivity index (χ1) is 12.1. The Bertz CT molecular complexity index is 872. The van der Waals surface area contributed by atoms with Crippen LogP contribution >= 0.6 is 15.9 Å². The molecule has 4 heteroatoms. The van der Waals surface area contributed by atoms with Crippen molar-refractivity contribution in [3.8, 4) is 11.5 Å². The zero-order valence-electron chi connectivity index (χ0n) is 14.7. The third kappa shape index (κ3) is 4.07. The minimum atomic E-state index is 0.0976. The van der Waals surface area contributed by atoms with Crippen molar-refractivity contribution in [1.29, 1.82) is 0 Å². The molecule has 130 valence electrons. The summed E-state index contributed by atoms with van der Waals surface area (Å²) in [7, 11) is 1.67. The summed E-state index contributed by atoms with van der Waals surface area (Å²) in [6.07, 6.45) is 0.0976. The van der Waals surface area contributed by atoms with Gasteiger partial charge in [0.05, 0.1) is 13.2 Å². The van der Waals surface area contributed by atoms with Crippen LogP contribution < -0.4 is 14.8 Å². The Balaban J connectivity index is 1.85. The molecule has 0 bridgehead atoms. The molecule has 0 saturated heterocycles. The number of anilines is 1. The highest BCUT2D eigenvalue weighted by molar-refractivity contribution is 9.10. The van der Waals surface area contributed by atoms with Crippen molar-refractivity contribution < 1.29 is 9.47 Å². The van der Waals surface area contributed by atoms with E-state index in [1.165, 1.54) is 10.8 Å². The SMILES string of the molecule is COc1cc(CNc2cccc3ccccc23)c(Br)cc1OC(C)C. The molecule has 1 N–H and O–H groups in total. The molecule has 0 spiro atoms. The monoisotopic (exact) mass is 399 g/mol. The van der Waals surface area contributed by atoms with Crippen LogP contribution in [0.15, 0.2) is 59.1 Å². The lowest BCUT2D eigenvalue weighted by Crippen LogP contribution is -2.08. The quantitative estimate of drug-likeness (QED) is 0.550. The molecule has 3 rings (SSSR count). The van der Waals surface area contributed by atoms with Gasteiger partial charge in [0.15, 0.2) is 11.5 Å². The summed E-state index contributed by atoms with van der Waals surface area (Å²) in [6, 6.07) is 18.6. The van der Waals surface area contributed by atoms with Gasteiger partial charge in [-0.15, -0.1) is 0 Å². The van der Waals surface area contributed by atoms with E-state index in [1.807, 2.05) is 26.0 Å². The van der Waals surface area contributed by atoms with Gasteiger partial charge >= 0.3 is 0 Å². The van der Waals surface area contributed by atoms with Crippen molar-refractivity contribution in [2.24, 2.45) is 0 Å². The standard InChI is InChI=1S/C21H22BrNO2/c1-14(2)25-21-12-18(22)16(11-20(21)24-3)13-23-19-10-6-8-15-7-4-5-9-17(15)19/h4-12,14,23H,13H2,1-3H3. The minimum absolute atomic E-state index is 0.0976. The topological polar surface area (TPSA) is 30.5 Å². The highest BCUT2D eigenvalue weighted by Gasteiger charge is 2.12. The molecule has 3 nitrogen and oxygen atoms in total. The molecule has 0 unspecified atom stereocenters. The fourth-order valence-corrected chi connectivity index (χ4v) is 3.25. The van der Waals surface area contributed by atoms with Crippen molar-refractivity contribution in [2.75, 3.05) is 12.4 Å². The van der Waals surface area contributed by atoms with Crippen LogP contribution in [0.5, 0.6) is 11.5 Å². The van der Waals surface area contributed by atoms with E-state index in [0.29, 0.717) is 6.54 Å². The van der Waals surface area contributed by atoms with Crippen LogP contribution in [0, 0.1) is 0 Å². The molecule has 0 amide bonds. The molecule has 0 fully saturated rings. The van der Waals surface area contributed by atoms with Gasteiger partial charge in [0.2, 0.25) is 0 Å². The molecule has 3 aromatic carbocycles. The minimum Gasteiger partial charge on any atom is -0.493 e. The molecular formula is C21H22BrNO2. The normalized spacial score (nSPS) is 10.9. The number of fused-ring (bicyclic) bond motifs is 1. The van der Waals surface area contributed by atoms with Crippen LogP contribution in [-0.4, -0.2) is 13.2 Å². The maximum absolute atomic E-state index is 5.82. The summed E-state index contributed by atoms with van der Waals surface area (Å²) in [6.45, 7) is 4.69. The molecule has 0 atom stereocenters. The second kappa shape index (κ2) is 7.79. The second-order valence-corrected chi connectivity index (χ2v) is 7.00. The van der Waals surface area contributed by atoms with Gasteiger partial charge in [-0.05, 0) is 43.0 Å². The number of methoxy groups -OCH3 is 1. The lowest BCUT2D eigenvalue weighted by Gasteiger charge is -2.17. The van der Waals surface area contributed by atoms with Crippen molar-refractivity contribution in [1.82, 2.24) is 0 Å². The van der Waals surface area contributed by atoms with Gasteiger partial charge in [-0.2, -0.15) is 0 Å². The van der Waals surface area contributed by atoms with E-state index in [2.05, 4.69) is 63.7 Å². The number of benzene rings is 3. The molecule has 25 heavy (non-hydrogen) atoms. The average molecular weight is 400 g/mol. The number of ether oxygens (including phenoxy) is 2. The summed E-state index contributed by atoms with van der Waals surface area (Å²) >= 11 is 3.65. The third-order valence-corrected chi connectivity index (χ3v) is 4.69. The molecule has 0 aliphatic heterocycles. The average Bonchev–Trinajstić information content (AvgIpc) is 2.60. The van der Waals surface area contributed by atoms with Crippen LogP contribution in [0.1, 0.15) is 19.4 Å². The van der Waals surface area contributed by atoms with Crippen LogP contribution in [0.4, 0.5) is 5.69 Å². The van der Waals surface area contributed by atoms with E-state index in [4.69, 9.17) is 9.47 Å². The molecular weight excluding hydrogens is 378 g/mol. The Hall–Kier alpha value is -2.20. The predicted octanol–water partition coefficient (Wildman–Crippen LogP) is 6.01. The molecule has 0 radical (unpaired) electrons. The summed E-state index contributed by atoms with van der Waals surface area (Å²) in [5.41, 5.74) is 2.23. The van der Waals surface area contributed by atoms with E-state index in [0.717, 1.165) is 27.2 Å². The number of nitrogens with one attached hydrogen (secondary N) is 1. The first-order valence-corrected chi connectivity index (χ1v) is 9.12. The van der Waals surface area contributed by atoms with Crippen molar-refractivity contribution in [3.63, 3.8) is 0 Å². The largest absolute Gasteiger partial charge is 0.493 e. The fourth-order valence-electron chi connectivity index (χ4n) is 2.79. The molecule has 0 aliphatic rings. The summed E-state index contributed by atoms with van der Waals surface area (Å²) in [4.78, 5) is 0. The zero-order chi connectivity index (χ0) is 17.8. The van der Waals surface area contributed by atoms with Crippen molar-refractivity contribution >= 4 is 32.4 Å². The van der Waals surface area contributed by atoms with Crippen molar-refractivity contribution in [3.05, 3.63) is 64.6 Å². The number of hydrogen-bond donors (Lipinski definition) is 1. The lowest BCUT2D eigenvalue weighted by molar-refractivity contribution is 0.230. The maximum atomic E-state index is 5.82. The van der Waals surface area contributed by atoms with Gasteiger partial charge in [0.25, 0.3) is 0 Å². The van der Waals surface area contributed by atoms with E-state index < -0.39 is 0 Å². The molecule has 0 heterocycles. The Kier molecular flexibility index (Phi) is 5.49. The summed E-state index contributed by atoms with van der Waals surface area (Å²) < 4.78 is 12.3. The van der Waals surface area contributed by atoms with Gasteiger partial charge < -0.3 is 14.8 Å². The zero-order valence-corrected chi connectivity index (χ0v) is 16.3. The fraction of sp³-hybridized carbons (Fsp3) is 0.238. The number of halogens is 1. The predicted molar refractivity (Wildman–Crippen MR) is 108 cm³/mol. The van der Waals surface area contributed by atoms with Gasteiger partial charge in [-0.1, -0.05) is 52.3 Å². The van der Waals surface area contributed by atoms with Gasteiger partial charge in [-0.25, -0.2) is 0 Å². The Morgan fingerprint density at radius 2 is 1.76 bits per heavy atom. The lowest BCUT2D eigenvalue weighted by atomic mass is 10.1. The highest BCUT2D eigenvalue weighted by Crippen LogP contribution is 2.35. The van der Waals surface area contributed by atoms with Crippen molar-refractivity contribution in [2.45, 2.75) is 26.5 Å². The van der Waals surface area contributed by atoms with Crippen LogP contribution in [0.25, 0.3) is 10.8 Å². The smallest absolute Gasteiger partial charge is 0.162 e. The third-order valence-electron chi connectivity index (χ3n) is 3.95. The van der Waals surface area contributed by atoms with Gasteiger partial charge in [0.1, 0.15) is 0 Å². The molecule has 0 saturated carbocycles. The van der Waals surface area contributed by atoms with Crippen LogP contribution in [-0.2, 0) is 6.54 Å². The first-order valence-electron chi connectivity index (χ1n) is 8.33. The van der Waals surface area contributed by atoms with Crippen LogP contribution in [0.3, 0.4) is 0 Å². The first kappa shape index (κ1) is 17.6.